The average molecular weight is 236 g/mol. The Bertz CT molecular complexity index is 344. The Morgan fingerprint density at radius 3 is 1.94 bits per heavy atom. The molecule has 2 N–H and O–H groups in total. The van der Waals surface area contributed by atoms with Crippen molar-refractivity contribution in [1.82, 2.24) is 0 Å². The first-order valence-electron chi connectivity index (χ1n) is 6.23. The van der Waals surface area contributed by atoms with Gasteiger partial charge in [0, 0.05) is 0 Å². The average Bonchev–Trinajstić information content (AvgIpc) is 2.15. The maximum atomic E-state index is 10.4. The third kappa shape index (κ3) is 4.78. The molecule has 0 aliphatic carbocycles. The zero-order valence-corrected chi connectivity index (χ0v) is 11.3. The molecule has 1 atom stereocenters. The fraction of sp³-hybridized carbons (Fsp3) is 0.600. The van der Waals surface area contributed by atoms with Crippen LogP contribution in [0, 0.1) is 5.41 Å². The Kier molecular flexibility index (Phi) is 4.21. The number of rotatable bonds is 4. The summed E-state index contributed by atoms with van der Waals surface area (Å²) in [7, 11) is 0. The lowest BCUT2D eigenvalue weighted by Gasteiger charge is -2.26. The largest absolute Gasteiger partial charge is 0.508 e. The van der Waals surface area contributed by atoms with E-state index < -0.39 is 5.60 Å². The lowest BCUT2D eigenvalue weighted by Crippen LogP contribution is -2.21. The second-order valence-corrected chi connectivity index (χ2v) is 6.23. The number of phenolic OH excluding ortho intramolecular Hbond substituents is 1. The van der Waals surface area contributed by atoms with Crippen LogP contribution in [0.3, 0.4) is 0 Å². The van der Waals surface area contributed by atoms with Crippen molar-refractivity contribution in [3.63, 3.8) is 0 Å². The van der Waals surface area contributed by atoms with Crippen LogP contribution in [0.5, 0.6) is 5.75 Å². The van der Waals surface area contributed by atoms with Gasteiger partial charge in [0.2, 0.25) is 0 Å². The molecule has 0 amide bonds. The molecule has 0 radical (unpaired) electrons. The van der Waals surface area contributed by atoms with E-state index in [4.69, 9.17) is 0 Å². The van der Waals surface area contributed by atoms with Crippen LogP contribution in [0.25, 0.3) is 0 Å². The van der Waals surface area contributed by atoms with Crippen LogP contribution in [0.4, 0.5) is 0 Å². The first-order valence-corrected chi connectivity index (χ1v) is 6.23. The van der Waals surface area contributed by atoms with Crippen LogP contribution in [0.1, 0.15) is 52.5 Å². The fourth-order valence-corrected chi connectivity index (χ4v) is 1.93. The van der Waals surface area contributed by atoms with Gasteiger partial charge in [-0.15, -0.1) is 0 Å². The minimum Gasteiger partial charge on any atom is -0.508 e. The molecule has 0 saturated carbocycles. The summed E-state index contributed by atoms with van der Waals surface area (Å²) in [5.41, 5.74) is 0.369. The zero-order valence-electron chi connectivity index (χ0n) is 11.3. The Labute approximate surface area is 104 Å². The van der Waals surface area contributed by atoms with E-state index in [1.54, 1.807) is 24.3 Å². The molecule has 0 heterocycles. The maximum Gasteiger partial charge on any atom is 0.115 e. The van der Waals surface area contributed by atoms with Gasteiger partial charge in [0.15, 0.2) is 0 Å². The lowest BCUT2D eigenvalue weighted by atomic mass is 9.85. The van der Waals surface area contributed by atoms with Crippen LogP contribution in [-0.2, 0) is 5.60 Å². The molecule has 96 valence electrons. The highest BCUT2D eigenvalue weighted by atomic mass is 16.3. The van der Waals surface area contributed by atoms with Crippen LogP contribution in [-0.4, -0.2) is 10.2 Å². The summed E-state index contributed by atoms with van der Waals surface area (Å²) in [6.07, 6.45) is 2.84. The molecular formula is C15H24O2. The monoisotopic (exact) mass is 236 g/mol. The summed E-state index contributed by atoms with van der Waals surface area (Å²) in [5.74, 6) is 0.235. The van der Waals surface area contributed by atoms with Gasteiger partial charge >= 0.3 is 0 Å². The second kappa shape index (κ2) is 5.09. The zero-order chi connectivity index (χ0) is 13.1. The lowest BCUT2D eigenvalue weighted by molar-refractivity contribution is 0.0424. The summed E-state index contributed by atoms with van der Waals surface area (Å²) in [5, 5.41) is 19.6. The molecule has 0 aliphatic heterocycles. The van der Waals surface area contributed by atoms with Gasteiger partial charge in [-0.2, -0.15) is 0 Å². The van der Waals surface area contributed by atoms with E-state index in [-0.39, 0.29) is 5.75 Å². The first-order chi connectivity index (χ1) is 7.71. The number of aliphatic hydroxyl groups is 1. The molecule has 0 aromatic heterocycles. The summed E-state index contributed by atoms with van der Waals surface area (Å²) in [6.45, 7) is 8.47. The number of hydrogen-bond acceptors (Lipinski definition) is 2. The van der Waals surface area contributed by atoms with E-state index in [0.717, 1.165) is 24.8 Å². The van der Waals surface area contributed by atoms with Crippen LogP contribution in [0.15, 0.2) is 24.3 Å². The predicted molar refractivity (Wildman–Crippen MR) is 71.0 cm³/mol. The Balaban J connectivity index is 2.59. The highest BCUT2D eigenvalue weighted by Crippen LogP contribution is 2.30. The van der Waals surface area contributed by atoms with Gasteiger partial charge in [-0.1, -0.05) is 32.9 Å². The first kappa shape index (κ1) is 14.0. The predicted octanol–water partition coefficient (Wildman–Crippen LogP) is 3.82. The second-order valence-electron chi connectivity index (χ2n) is 6.23. The molecule has 0 fully saturated rings. The minimum absolute atomic E-state index is 0.235. The molecule has 2 heteroatoms. The number of hydrogen-bond donors (Lipinski definition) is 2. The van der Waals surface area contributed by atoms with Crippen molar-refractivity contribution in [2.75, 3.05) is 0 Å². The molecule has 0 saturated heterocycles. The molecule has 1 aromatic rings. The van der Waals surface area contributed by atoms with Crippen molar-refractivity contribution in [2.24, 2.45) is 5.41 Å². The summed E-state index contributed by atoms with van der Waals surface area (Å²) in [6, 6.07) is 6.81. The van der Waals surface area contributed by atoms with Crippen LogP contribution >= 0.6 is 0 Å². The van der Waals surface area contributed by atoms with Crippen molar-refractivity contribution in [2.45, 2.75) is 52.6 Å². The minimum atomic E-state index is -0.807. The summed E-state index contributed by atoms with van der Waals surface area (Å²) < 4.78 is 0. The van der Waals surface area contributed by atoms with E-state index >= 15 is 0 Å². The van der Waals surface area contributed by atoms with Crippen LogP contribution < -0.4 is 0 Å². The van der Waals surface area contributed by atoms with Gasteiger partial charge in [0.1, 0.15) is 5.75 Å². The van der Waals surface area contributed by atoms with E-state index in [0.29, 0.717) is 5.41 Å². The Morgan fingerprint density at radius 1 is 0.941 bits per heavy atom. The van der Waals surface area contributed by atoms with Gasteiger partial charge in [0.25, 0.3) is 0 Å². The van der Waals surface area contributed by atoms with E-state index in [9.17, 15) is 10.2 Å². The van der Waals surface area contributed by atoms with Gasteiger partial charge in [-0.05, 0) is 49.3 Å². The highest BCUT2D eigenvalue weighted by Gasteiger charge is 2.23. The summed E-state index contributed by atoms with van der Waals surface area (Å²) in [4.78, 5) is 0. The van der Waals surface area contributed by atoms with Crippen molar-refractivity contribution >= 4 is 0 Å². The number of benzene rings is 1. The van der Waals surface area contributed by atoms with Crippen molar-refractivity contribution in [1.29, 1.82) is 0 Å². The van der Waals surface area contributed by atoms with Crippen molar-refractivity contribution in [3.8, 4) is 5.75 Å². The van der Waals surface area contributed by atoms with Crippen LogP contribution in [0.2, 0.25) is 0 Å². The third-order valence-electron chi connectivity index (χ3n) is 3.08. The van der Waals surface area contributed by atoms with Gasteiger partial charge in [-0.3, -0.25) is 0 Å². The van der Waals surface area contributed by atoms with E-state index in [2.05, 4.69) is 20.8 Å². The third-order valence-corrected chi connectivity index (χ3v) is 3.08. The molecule has 1 rings (SSSR count). The molecule has 2 nitrogen and oxygen atoms in total. The topological polar surface area (TPSA) is 40.5 Å². The van der Waals surface area contributed by atoms with Gasteiger partial charge in [-0.25, -0.2) is 0 Å². The summed E-state index contributed by atoms with van der Waals surface area (Å²) >= 11 is 0. The van der Waals surface area contributed by atoms with Crippen molar-refractivity contribution in [3.05, 3.63) is 29.8 Å². The standard InChI is InChI=1S/C15H24O2/c1-14(2,3)10-5-11-15(4,17)12-6-8-13(16)9-7-12/h6-9,16-17H,5,10-11H2,1-4H3. The molecule has 0 aliphatic rings. The number of phenols is 1. The van der Waals surface area contributed by atoms with Gasteiger partial charge in [0.05, 0.1) is 5.60 Å². The molecule has 0 spiro atoms. The Hall–Kier alpha value is -1.02. The van der Waals surface area contributed by atoms with Gasteiger partial charge < -0.3 is 10.2 Å². The van der Waals surface area contributed by atoms with E-state index in [1.165, 1.54) is 0 Å². The number of aromatic hydroxyl groups is 1. The van der Waals surface area contributed by atoms with Crippen molar-refractivity contribution < 1.29 is 10.2 Å². The van der Waals surface area contributed by atoms with E-state index in [1.807, 2.05) is 6.92 Å². The smallest absolute Gasteiger partial charge is 0.115 e. The fourth-order valence-electron chi connectivity index (χ4n) is 1.93. The molecule has 0 bridgehead atoms. The maximum absolute atomic E-state index is 10.4. The molecule has 1 unspecified atom stereocenters. The molecule has 17 heavy (non-hydrogen) atoms. The quantitative estimate of drug-likeness (QED) is 0.834. The molecular weight excluding hydrogens is 212 g/mol. The normalized spacial score (nSPS) is 15.6. The SMILES string of the molecule is CC(C)(C)CCCC(C)(O)c1ccc(O)cc1. The molecule has 1 aromatic carbocycles. The Morgan fingerprint density at radius 2 is 1.47 bits per heavy atom. The highest BCUT2D eigenvalue weighted by molar-refractivity contribution is 5.29.